The quantitative estimate of drug-likeness (QED) is 0.590. The average Bonchev–Trinajstić information content (AvgIpc) is 2.66. The number of esters is 1. The van der Waals surface area contributed by atoms with Crippen LogP contribution >= 0.6 is 0 Å². The van der Waals surface area contributed by atoms with Gasteiger partial charge in [0.1, 0.15) is 28.6 Å². The summed E-state index contributed by atoms with van der Waals surface area (Å²) in [4.78, 5) is 24.8. The number of alkyl halides is 3. The maximum absolute atomic E-state index is 14.4. The van der Waals surface area contributed by atoms with Gasteiger partial charge >= 0.3 is 12.1 Å². The lowest BCUT2D eigenvalue weighted by atomic mass is 9.64. The van der Waals surface area contributed by atoms with Gasteiger partial charge in [0, 0.05) is 12.8 Å². The molecule has 1 aromatic rings. The van der Waals surface area contributed by atoms with Gasteiger partial charge in [-0.15, -0.1) is 0 Å². The number of rotatable bonds is 3. The van der Waals surface area contributed by atoms with Gasteiger partial charge in [-0.05, 0) is 23.6 Å². The third-order valence-electron chi connectivity index (χ3n) is 5.33. The fraction of sp³-hybridized carbons (Fsp3) is 0.350. The lowest BCUT2D eigenvalue weighted by Crippen LogP contribution is -2.50. The number of ketones is 1. The number of nitrogens with two attached hydrogens (primary N) is 1. The van der Waals surface area contributed by atoms with Gasteiger partial charge in [-0.2, -0.15) is 18.4 Å². The predicted molar refractivity (Wildman–Crippen MR) is 93.4 cm³/mol. The van der Waals surface area contributed by atoms with Crippen molar-refractivity contribution in [3.05, 3.63) is 58.4 Å². The van der Waals surface area contributed by atoms with Crippen LogP contribution in [0.3, 0.4) is 0 Å². The molecular weight excluding hydrogens is 408 g/mol. The van der Waals surface area contributed by atoms with Gasteiger partial charge in [-0.3, -0.25) is 9.59 Å². The van der Waals surface area contributed by atoms with Crippen molar-refractivity contribution in [1.82, 2.24) is 0 Å². The second kappa shape index (κ2) is 7.48. The molecule has 6 nitrogen and oxygen atoms in total. The van der Waals surface area contributed by atoms with Crippen LogP contribution in [0.5, 0.6) is 0 Å². The molecule has 2 N–H and O–H groups in total. The Morgan fingerprint density at radius 3 is 2.50 bits per heavy atom. The van der Waals surface area contributed by atoms with E-state index in [2.05, 4.69) is 4.74 Å². The van der Waals surface area contributed by atoms with E-state index < -0.39 is 58.5 Å². The summed E-state index contributed by atoms with van der Waals surface area (Å²) in [7, 11) is 0.896. The van der Waals surface area contributed by atoms with Crippen LogP contribution in [0, 0.1) is 22.6 Å². The molecule has 1 aliphatic heterocycles. The van der Waals surface area contributed by atoms with E-state index in [4.69, 9.17) is 10.5 Å². The van der Waals surface area contributed by atoms with Crippen molar-refractivity contribution in [3.8, 4) is 6.07 Å². The molecule has 0 fully saturated rings. The number of Topliss-reactive ketones (excluding diaryl/α,β-unsaturated/α-hetero) is 1. The molecule has 0 amide bonds. The molecule has 1 aliphatic carbocycles. The summed E-state index contributed by atoms with van der Waals surface area (Å²) in [6, 6.07) is 6.55. The normalized spacial score (nSPS) is 24.1. The molecule has 0 bridgehead atoms. The van der Waals surface area contributed by atoms with Crippen LogP contribution in [-0.4, -0.2) is 25.0 Å². The van der Waals surface area contributed by atoms with Crippen molar-refractivity contribution in [3.63, 3.8) is 0 Å². The van der Waals surface area contributed by atoms with Crippen molar-refractivity contribution < 1.29 is 36.6 Å². The minimum Gasteiger partial charge on any atom is -0.469 e. The number of hydrogen-bond acceptors (Lipinski definition) is 6. The molecule has 3 rings (SSSR count). The maximum atomic E-state index is 14.4. The van der Waals surface area contributed by atoms with Crippen LogP contribution in [0.25, 0.3) is 0 Å². The van der Waals surface area contributed by atoms with E-state index in [9.17, 15) is 32.4 Å². The lowest BCUT2D eigenvalue weighted by molar-refractivity contribution is -0.206. The standard InChI is InChI=1S/C20H16F4N2O4/c1-29-16(28)8-19(20(22,23)24)13(9-25)18(26)30-15-7-11(6-14(27)17(15)19)10-2-4-12(21)5-3-10/h2-5,11H,6-8,26H2,1H3/t11-,19+/m0/s1. The van der Waals surface area contributed by atoms with Gasteiger partial charge in [0.15, 0.2) is 5.78 Å². The predicted octanol–water partition coefficient (Wildman–Crippen LogP) is 3.36. The third kappa shape index (κ3) is 3.30. The maximum Gasteiger partial charge on any atom is 0.404 e. The first-order valence-electron chi connectivity index (χ1n) is 8.79. The minimum absolute atomic E-state index is 0.148. The summed E-state index contributed by atoms with van der Waals surface area (Å²) < 4.78 is 66.0. The topological polar surface area (TPSA) is 102 Å². The Hall–Kier alpha value is -3.35. The van der Waals surface area contributed by atoms with Crippen molar-refractivity contribution in [2.45, 2.75) is 31.4 Å². The Labute approximate surface area is 168 Å². The summed E-state index contributed by atoms with van der Waals surface area (Å²) in [6.45, 7) is 0. The zero-order chi connectivity index (χ0) is 22.3. The van der Waals surface area contributed by atoms with Crippen LogP contribution in [0.1, 0.15) is 30.7 Å². The third-order valence-corrected chi connectivity index (χ3v) is 5.33. The van der Waals surface area contributed by atoms with Crippen molar-refractivity contribution in [1.29, 1.82) is 5.26 Å². The molecule has 0 saturated heterocycles. The number of carbonyl (C=O) groups excluding carboxylic acids is 2. The van der Waals surface area contributed by atoms with E-state index >= 15 is 0 Å². The largest absolute Gasteiger partial charge is 0.469 e. The fourth-order valence-corrected chi connectivity index (χ4v) is 3.94. The van der Waals surface area contributed by atoms with E-state index in [1.165, 1.54) is 30.3 Å². The molecule has 2 atom stereocenters. The first kappa shape index (κ1) is 21.4. The summed E-state index contributed by atoms with van der Waals surface area (Å²) in [5.74, 6) is -4.49. The smallest absolute Gasteiger partial charge is 0.404 e. The molecular formula is C20H16F4N2O4. The second-order valence-electron chi connectivity index (χ2n) is 6.99. The summed E-state index contributed by atoms with van der Waals surface area (Å²) in [5, 5.41) is 9.39. The molecule has 10 heteroatoms. The average molecular weight is 424 g/mol. The van der Waals surface area contributed by atoms with Crippen LogP contribution in [0.15, 0.2) is 47.1 Å². The van der Waals surface area contributed by atoms with E-state index in [1.54, 1.807) is 0 Å². The van der Waals surface area contributed by atoms with Crippen LogP contribution in [-0.2, 0) is 19.1 Å². The monoisotopic (exact) mass is 424 g/mol. The molecule has 2 aliphatic rings. The highest BCUT2D eigenvalue weighted by Crippen LogP contribution is 2.58. The van der Waals surface area contributed by atoms with E-state index in [0.717, 1.165) is 7.11 Å². The van der Waals surface area contributed by atoms with E-state index in [0.29, 0.717) is 5.56 Å². The summed E-state index contributed by atoms with van der Waals surface area (Å²) >= 11 is 0. The molecule has 0 unspecified atom stereocenters. The van der Waals surface area contributed by atoms with Gasteiger partial charge in [0.05, 0.1) is 19.1 Å². The van der Waals surface area contributed by atoms with Gasteiger partial charge in [0.25, 0.3) is 0 Å². The highest BCUT2D eigenvalue weighted by Gasteiger charge is 2.66. The second-order valence-corrected chi connectivity index (χ2v) is 6.99. The zero-order valence-electron chi connectivity index (χ0n) is 15.7. The molecule has 0 aromatic heterocycles. The first-order valence-corrected chi connectivity index (χ1v) is 8.79. The van der Waals surface area contributed by atoms with E-state index in [1.807, 2.05) is 0 Å². The fourth-order valence-electron chi connectivity index (χ4n) is 3.94. The number of nitriles is 1. The van der Waals surface area contributed by atoms with Crippen molar-refractivity contribution in [2.24, 2.45) is 11.1 Å². The van der Waals surface area contributed by atoms with Gasteiger partial charge in [-0.25, -0.2) is 4.39 Å². The Morgan fingerprint density at radius 1 is 1.33 bits per heavy atom. The molecule has 30 heavy (non-hydrogen) atoms. The highest BCUT2D eigenvalue weighted by atomic mass is 19.4. The molecule has 1 heterocycles. The highest BCUT2D eigenvalue weighted by molar-refractivity contribution is 6.01. The summed E-state index contributed by atoms with van der Waals surface area (Å²) in [6.07, 6.45) is -7.03. The Kier molecular flexibility index (Phi) is 5.33. The molecule has 1 aromatic carbocycles. The Morgan fingerprint density at radius 2 is 1.97 bits per heavy atom. The van der Waals surface area contributed by atoms with Crippen LogP contribution < -0.4 is 5.73 Å². The number of carbonyl (C=O) groups is 2. The number of benzene rings is 1. The SMILES string of the molecule is COC(=O)C[C@@]1(C(F)(F)F)C(C#N)=C(N)OC2=C1C(=O)C[C@H](c1ccc(F)cc1)C2. The number of nitrogens with zero attached hydrogens (tertiary/aromatic N) is 1. The molecule has 0 saturated carbocycles. The van der Waals surface area contributed by atoms with Crippen LogP contribution in [0.2, 0.25) is 0 Å². The minimum atomic E-state index is -5.21. The van der Waals surface area contributed by atoms with E-state index in [-0.39, 0.29) is 18.6 Å². The molecule has 158 valence electrons. The number of allylic oxidation sites excluding steroid dienone is 3. The number of hydrogen-bond donors (Lipinski definition) is 1. The first-order chi connectivity index (χ1) is 14.0. The number of halogens is 4. The van der Waals surface area contributed by atoms with Gasteiger partial charge in [0.2, 0.25) is 5.88 Å². The Bertz CT molecular complexity index is 1010. The lowest BCUT2D eigenvalue weighted by Gasteiger charge is -2.42. The molecule has 0 spiro atoms. The van der Waals surface area contributed by atoms with Gasteiger partial charge < -0.3 is 15.2 Å². The van der Waals surface area contributed by atoms with Gasteiger partial charge in [-0.1, -0.05) is 12.1 Å². The van der Waals surface area contributed by atoms with Crippen molar-refractivity contribution >= 4 is 11.8 Å². The summed E-state index contributed by atoms with van der Waals surface area (Å²) in [5.41, 5.74) is 1.01. The number of ether oxygens (including phenoxy) is 2. The zero-order valence-corrected chi connectivity index (χ0v) is 15.7. The molecule has 0 radical (unpaired) electrons. The van der Waals surface area contributed by atoms with Crippen LogP contribution in [0.4, 0.5) is 17.6 Å². The van der Waals surface area contributed by atoms with Crippen molar-refractivity contribution in [2.75, 3.05) is 7.11 Å². The Balaban J connectivity index is 2.19. The number of methoxy groups -OCH3 is 1.